The second-order valence-electron chi connectivity index (χ2n) is 5.16. The molecule has 5 heteroatoms. The first-order valence-electron chi connectivity index (χ1n) is 7.34. The molecule has 5 nitrogen and oxygen atoms in total. The van der Waals surface area contributed by atoms with Gasteiger partial charge >= 0.3 is 5.97 Å². The second kappa shape index (κ2) is 7.22. The third kappa shape index (κ3) is 3.82. The number of nitrogens with one attached hydrogen (secondary N) is 1. The van der Waals surface area contributed by atoms with Gasteiger partial charge in [0.15, 0.2) is 0 Å². The molecule has 2 rings (SSSR count). The number of carbonyl (C=O) groups excluding carboxylic acids is 2. The Labute approximate surface area is 125 Å². The van der Waals surface area contributed by atoms with Crippen molar-refractivity contribution in [3.05, 3.63) is 35.4 Å². The Morgan fingerprint density at radius 3 is 2.86 bits per heavy atom. The number of aryl methyl sites for hydroxylation is 1. The molecular formula is C16H22N2O3. The zero-order chi connectivity index (χ0) is 15.2. The zero-order valence-electron chi connectivity index (χ0n) is 12.6. The van der Waals surface area contributed by atoms with E-state index in [-0.39, 0.29) is 11.9 Å². The van der Waals surface area contributed by atoms with Crippen molar-refractivity contribution in [3.63, 3.8) is 0 Å². The van der Waals surface area contributed by atoms with E-state index in [1.165, 1.54) is 0 Å². The van der Waals surface area contributed by atoms with Crippen LogP contribution < -0.4 is 5.32 Å². The van der Waals surface area contributed by atoms with Crippen LogP contribution in [0.25, 0.3) is 0 Å². The predicted molar refractivity (Wildman–Crippen MR) is 79.9 cm³/mol. The van der Waals surface area contributed by atoms with Crippen molar-refractivity contribution in [2.45, 2.75) is 26.3 Å². The van der Waals surface area contributed by atoms with E-state index in [0.29, 0.717) is 32.7 Å². The molecule has 1 aliphatic heterocycles. The van der Waals surface area contributed by atoms with Crippen LogP contribution in [0.3, 0.4) is 0 Å². The lowest BCUT2D eigenvalue weighted by atomic mass is 10.0. The summed E-state index contributed by atoms with van der Waals surface area (Å²) in [5.74, 6) is -0.355. The van der Waals surface area contributed by atoms with E-state index in [1.54, 1.807) is 11.8 Å². The highest BCUT2D eigenvalue weighted by Crippen LogP contribution is 2.13. The molecule has 1 saturated heterocycles. The van der Waals surface area contributed by atoms with Gasteiger partial charge < -0.3 is 15.0 Å². The normalized spacial score (nSPS) is 18.4. The van der Waals surface area contributed by atoms with Crippen LogP contribution in [-0.4, -0.2) is 49.1 Å². The lowest BCUT2D eigenvalue weighted by Gasteiger charge is -2.34. The molecule has 1 aromatic carbocycles. The molecule has 1 N–H and O–H groups in total. The largest absolute Gasteiger partial charge is 0.464 e. The first-order chi connectivity index (χ1) is 10.1. The molecule has 1 unspecified atom stereocenters. The van der Waals surface area contributed by atoms with Crippen molar-refractivity contribution >= 4 is 11.9 Å². The van der Waals surface area contributed by atoms with Gasteiger partial charge in [-0.1, -0.05) is 24.3 Å². The number of rotatable bonds is 4. The van der Waals surface area contributed by atoms with Crippen LogP contribution in [0.2, 0.25) is 0 Å². The van der Waals surface area contributed by atoms with Gasteiger partial charge in [0.05, 0.1) is 13.0 Å². The van der Waals surface area contributed by atoms with Crippen molar-refractivity contribution in [3.8, 4) is 0 Å². The number of amides is 1. The van der Waals surface area contributed by atoms with Gasteiger partial charge in [-0.15, -0.1) is 0 Å². The van der Waals surface area contributed by atoms with Crippen molar-refractivity contribution < 1.29 is 14.3 Å². The molecule has 0 aromatic heterocycles. The van der Waals surface area contributed by atoms with Crippen LogP contribution in [0.1, 0.15) is 18.1 Å². The molecule has 0 saturated carbocycles. The Kier molecular flexibility index (Phi) is 5.33. The minimum atomic E-state index is -0.518. The van der Waals surface area contributed by atoms with E-state index in [2.05, 4.69) is 5.32 Å². The first kappa shape index (κ1) is 15.5. The van der Waals surface area contributed by atoms with Crippen molar-refractivity contribution in [1.29, 1.82) is 0 Å². The standard InChI is InChI=1S/C16H22N2O3/c1-3-21-16(20)14-11-17-8-9-18(14)15(19)10-13-7-5-4-6-12(13)2/h4-7,14,17H,3,8-11H2,1-2H3. The quantitative estimate of drug-likeness (QED) is 0.837. The van der Waals surface area contributed by atoms with E-state index in [0.717, 1.165) is 11.1 Å². The Balaban J connectivity index is 2.08. The highest BCUT2D eigenvalue weighted by atomic mass is 16.5. The molecule has 114 valence electrons. The molecule has 21 heavy (non-hydrogen) atoms. The molecule has 0 aliphatic carbocycles. The van der Waals surface area contributed by atoms with Crippen LogP contribution in [-0.2, 0) is 20.7 Å². The van der Waals surface area contributed by atoms with E-state index >= 15 is 0 Å². The van der Waals surface area contributed by atoms with Gasteiger partial charge in [-0.2, -0.15) is 0 Å². The van der Waals surface area contributed by atoms with Crippen molar-refractivity contribution in [1.82, 2.24) is 10.2 Å². The van der Waals surface area contributed by atoms with Crippen LogP contribution in [0.4, 0.5) is 0 Å². The number of ether oxygens (including phenoxy) is 1. The second-order valence-corrected chi connectivity index (χ2v) is 5.16. The van der Waals surface area contributed by atoms with Gasteiger partial charge in [-0.25, -0.2) is 4.79 Å². The van der Waals surface area contributed by atoms with Gasteiger partial charge in [0.1, 0.15) is 6.04 Å². The van der Waals surface area contributed by atoms with E-state index in [4.69, 9.17) is 4.74 Å². The topological polar surface area (TPSA) is 58.6 Å². The molecule has 0 radical (unpaired) electrons. The summed E-state index contributed by atoms with van der Waals surface area (Å²) >= 11 is 0. The fraction of sp³-hybridized carbons (Fsp3) is 0.500. The Morgan fingerprint density at radius 2 is 2.14 bits per heavy atom. The summed E-state index contributed by atoms with van der Waals surface area (Å²) in [6.07, 6.45) is 0.322. The number of hydrogen-bond donors (Lipinski definition) is 1. The number of hydrogen-bond acceptors (Lipinski definition) is 4. The SMILES string of the molecule is CCOC(=O)C1CNCCN1C(=O)Cc1ccccc1C. The number of carbonyl (C=O) groups is 2. The number of esters is 1. The summed E-state index contributed by atoms with van der Waals surface area (Å²) in [6, 6.07) is 7.30. The summed E-state index contributed by atoms with van der Waals surface area (Å²) in [4.78, 5) is 26.1. The lowest BCUT2D eigenvalue weighted by molar-refractivity contribution is -0.155. The van der Waals surface area contributed by atoms with Gasteiger partial charge in [0.2, 0.25) is 5.91 Å². The maximum atomic E-state index is 12.5. The molecule has 1 aliphatic rings. The van der Waals surface area contributed by atoms with E-state index < -0.39 is 6.04 Å². The third-order valence-corrected chi connectivity index (χ3v) is 3.73. The van der Waals surface area contributed by atoms with Crippen molar-refractivity contribution in [2.75, 3.05) is 26.2 Å². The average Bonchev–Trinajstić information content (AvgIpc) is 2.50. The molecule has 0 bridgehead atoms. The van der Waals surface area contributed by atoms with Gasteiger partial charge in [0.25, 0.3) is 0 Å². The highest BCUT2D eigenvalue weighted by Gasteiger charge is 2.32. The highest BCUT2D eigenvalue weighted by molar-refractivity contribution is 5.86. The number of benzene rings is 1. The van der Waals surface area contributed by atoms with E-state index in [9.17, 15) is 9.59 Å². The third-order valence-electron chi connectivity index (χ3n) is 3.73. The number of nitrogens with zero attached hydrogens (tertiary/aromatic N) is 1. The van der Waals surface area contributed by atoms with Gasteiger partial charge in [0, 0.05) is 19.6 Å². The minimum Gasteiger partial charge on any atom is -0.464 e. The molecule has 1 amide bonds. The zero-order valence-corrected chi connectivity index (χ0v) is 12.6. The fourth-order valence-corrected chi connectivity index (χ4v) is 2.52. The maximum Gasteiger partial charge on any atom is 0.330 e. The molecule has 0 spiro atoms. The van der Waals surface area contributed by atoms with Crippen LogP contribution in [0.15, 0.2) is 24.3 Å². The lowest BCUT2D eigenvalue weighted by Crippen LogP contribution is -2.57. The first-order valence-corrected chi connectivity index (χ1v) is 7.34. The minimum absolute atomic E-state index is 0.0242. The van der Waals surface area contributed by atoms with Crippen LogP contribution >= 0.6 is 0 Å². The Bertz CT molecular complexity index is 516. The Hall–Kier alpha value is -1.88. The van der Waals surface area contributed by atoms with Gasteiger partial charge in [-0.3, -0.25) is 4.79 Å². The summed E-state index contributed by atoms with van der Waals surface area (Å²) in [5, 5.41) is 3.14. The molecule has 1 aromatic rings. The van der Waals surface area contributed by atoms with Crippen LogP contribution in [0.5, 0.6) is 0 Å². The molecule has 1 fully saturated rings. The smallest absolute Gasteiger partial charge is 0.330 e. The monoisotopic (exact) mass is 290 g/mol. The summed E-state index contributed by atoms with van der Waals surface area (Å²) in [6.45, 7) is 5.79. The Morgan fingerprint density at radius 1 is 1.38 bits per heavy atom. The van der Waals surface area contributed by atoms with Gasteiger partial charge in [-0.05, 0) is 25.0 Å². The average molecular weight is 290 g/mol. The summed E-state index contributed by atoms with van der Waals surface area (Å²) in [5.41, 5.74) is 2.09. The summed E-state index contributed by atoms with van der Waals surface area (Å²) in [7, 11) is 0. The molecular weight excluding hydrogens is 268 g/mol. The predicted octanol–water partition coefficient (Wildman–Crippen LogP) is 0.901. The fourth-order valence-electron chi connectivity index (χ4n) is 2.52. The van der Waals surface area contributed by atoms with Crippen LogP contribution in [0, 0.1) is 6.92 Å². The van der Waals surface area contributed by atoms with E-state index in [1.807, 2.05) is 31.2 Å². The number of piperazine rings is 1. The molecule has 1 atom stereocenters. The summed E-state index contributed by atoms with van der Waals surface area (Å²) < 4.78 is 5.06. The maximum absolute atomic E-state index is 12.5. The molecule has 1 heterocycles. The van der Waals surface area contributed by atoms with Crippen molar-refractivity contribution in [2.24, 2.45) is 0 Å².